The van der Waals surface area contributed by atoms with Crippen LogP contribution in [0.2, 0.25) is 0 Å². The second-order valence-electron chi connectivity index (χ2n) is 23.3. The molecule has 0 saturated carbocycles. The van der Waals surface area contributed by atoms with Gasteiger partial charge in [-0.15, -0.1) is 0 Å². The molecule has 12 rings (SSSR count). The summed E-state index contributed by atoms with van der Waals surface area (Å²) in [7, 11) is 0. The second kappa shape index (κ2) is 38.2. The van der Waals surface area contributed by atoms with E-state index in [9.17, 15) is 14.4 Å². The molecule has 7 nitrogen and oxygen atoms in total. The summed E-state index contributed by atoms with van der Waals surface area (Å²) >= 11 is 0. The molecule has 0 heterocycles. The maximum Gasteiger partial charge on any atom is 0.331 e. The molecule has 0 aliphatic heterocycles. The van der Waals surface area contributed by atoms with Crippen LogP contribution in [0.25, 0.3) is 44.5 Å². The van der Waals surface area contributed by atoms with Gasteiger partial charge >= 0.3 is 5.97 Å². The Morgan fingerprint density at radius 3 is 0.494 bits per heavy atom. The summed E-state index contributed by atoms with van der Waals surface area (Å²) in [5.41, 5.74) is 24.9. The lowest BCUT2D eigenvalue weighted by atomic mass is 9.82. The first kappa shape index (κ1) is 78.7. The zero-order chi connectivity index (χ0) is 67.9. The molecule has 0 aromatic heterocycles. The van der Waals surface area contributed by atoms with Crippen LogP contribution in [0.5, 0.6) is 0 Å². The van der Waals surface area contributed by atoms with Gasteiger partial charge in [-0.1, -0.05) is 315 Å². The standard InChI is InChI=1S/4C15H14.C5H9NO2.C3H7NO.2C3H6O.4C2H6/c4*1-15(2)13-9-5-3-7-11(13)12-8-4-6-10-14(12)15;1-4(2)6-8-5(3)7;1-3(2)4-5;2*1-3(2)4;4*1-2/h4*3-10H,1-2H3;1-3H3;5H,1-2H3;2*1-2H3;4*1-2H3. The van der Waals surface area contributed by atoms with Crippen LogP contribution in [0.15, 0.2) is 204 Å². The van der Waals surface area contributed by atoms with Gasteiger partial charge in [0.15, 0.2) is 0 Å². The van der Waals surface area contributed by atoms with Crippen molar-refractivity contribution in [3.63, 3.8) is 0 Å². The molecule has 0 saturated heterocycles. The maximum absolute atomic E-state index is 10.0. The fourth-order valence-electron chi connectivity index (χ4n) is 10.8. The Hall–Kier alpha value is -8.29. The summed E-state index contributed by atoms with van der Waals surface area (Å²) in [6.45, 7) is 48.8. The minimum atomic E-state index is -0.383. The van der Waals surface area contributed by atoms with Gasteiger partial charge in [0, 0.05) is 28.6 Å². The van der Waals surface area contributed by atoms with Gasteiger partial charge in [-0.05, 0) is 144 Å². The van der Waals surface area contributed by atoms with E-state index >= 15 is 0 Å². The molecule has 0 spiro atoms. The van der Waals surface area contributed by atoms with Crippen LogP contribution >= 0.6 is 0 Å². The molecular formula is C82H108N2O5. The normalized spacial score (nSPS) is 12.6. The number of hydrogen-bond acceptors (Lipinski definition) is 7. The van der Waals surface area contributed by atoms with Crippen molar-refractivity contribution in [1.82, 2.24) is 0 Å². The molecule has 0 fully saturated rings. The largest absolute Gasteiger partial charge is 0.411 e. The van der Waals surface area contributed by atoms with Crippen LogP contribution in [0, 0.1) is 0 Å². The van der Waals surface area contributed by atoms with E-state index in [2.05, 4.69) is 265 Å². The molecule has 1 N–H and O–H groups in total. The van der Waals surface area contributed by atoms with Gasteiger partial charge in [0.2, 0.25) is 0 Å². The Kier molecular flexibility index (Phi) is 33.8. The molecule has 8 aromatic carbocycles. The topological polar surface area (TPSA) is 105 Å². The summed E-state index contributed by atoms with van der Waals surface area (Å²) in [6.07, 6.45) is 0. The number of fused-ring (bicyclic) bond motifs is 12. The van der Waals surface area contributed by atoms with Crippen molar-refractivity contribution in [1.29, 1.82) is 0 Å². The van der Waals surface area contributed by atoms with Crippen LogP contribution < -0.4 is 0 Å². The van der Waals surface area contributed by atoms with E-state index in [1.54, 1.807) is 27.7 Å². The van der Waals surface area contributed by atoms with E-state index in [0.29, 0.717) is 5.71 Å². The Bertz CT molecular complexity index is 2920. The first-order valence-corrected chi connectivity index (χ1v) is 31.8. The van der Waals surface area contributed by atoms with Crippen LogP contribution in [-0.2, 0) is 40.9 Å². The number of carbonyl (C=O) groups is 3. The van der Waals surface area contributed by atoms with Gasteiger partial charge in [0.1, 0.15) is 11.6 Å². The Balaban J connectivity index is 0.000000520. The Morgan fingerprint density at radius 2 is 0.404 bits per heavy atom. The minimum absolute atomic E-state index is 0.160. The van der Waals surface area contributed by atoms with E-state index in [0.717, 1.165) is 5.71 Å². The number of Topliss-reactive ketones (excluding diaryl/α,β-unsaturated/α-hetero) is 2. The highest BCUT2D eigenvalue weighted by Crippen LogP contribution is 2.51. The zero-order valence-electron chi connectivity index (χ0n) is 58.9. The van der Waals surface area contributed by atoms with E-state index < -0.39 is 0 Å². The summed E-state index contributed by atoms with van der Waals surface area (Å²) < 4.78 is 0. The van der Waals surface area contributed by atoms with Gasteiger partial charge in [-0.3, -0.25) is 0 Å². The van der Waals surface area contributed by atoms with Crippen molar-refractivity contribution in [2.75, 3.05) is 0 Å². The molecule has 4 aliphatic carbocycles. The number of nitrogens with zero attached hydrogens (tertiary/aromatic N) is 2. The maximum atomic E-state index is 10.0. The molecule has 0 unspecified atom stereocenters. The average molecular weight is 1200 g/mol. The lowest BCUT2D eigenvalue weighted by Gasteiger charge is -2.20. The van der Waals surface area contributed by atoms with Gasteiger partial charge in [-0.2, -0.15) is 0 Å². The van der Waals surface area contributed by atoms with Crippen LogP contribution in [0.4, 0.5) is 0 Å². The van der Waals surface area contributed by atoms with Crippen molar-refractivity contribution in [2.24, 2.45) is 10.3 Å². The molecule has 0 bridgehead atoms. The fraction of sp³-hybridized carbons (Fsp3) is 0.354. The van der Waals surface area contributed by atoms with Crippen molar-refractivity contribution >= 4 is 29.0 Å². The van der Waals surface area contributed by atoms with Gasteiger partial charge in [-0.25, -0.2) is 4.79 Å². The van der Waals surface area contributed by atoms with Crippen LogP contribution in [-0.4, -0.2) is 34.2 Å². The predicted octanol–water partition coefficient (Wildman–Crippen LogP) is 23.1. The summed E-state index contributed by atoms with van der Waals surface area (Å²) in [5.74, 6) is -0.0498. The number of rotatable bonds is 1. The fourth-order valence-corrected chi connectivity index (χ4v) is 10.8. The molecule has 0 amide bonds. The number of hydrogen-bond donors (Lipinski definition) is 1. The van der Waals surface area contributed by atoms with E-state index in [4.69, 9.17) is 5.21 Å². The highest BCUT2D eigenvalue weighted by Gasteiger charge is 2.37. The number of oxime groups is 2. The van der Waals surface area contributed by atoms with Crippen molar-refractivity contribution in [2.45, 2.75) is 195 Å². The number of ketones is 2. The zero-order valence-corrected chi connectivity index (χ0v) is 58.9. The molecular weight excluding hydrogens is 1090 g/mol. The number of benzene rings is 8. The first-order chi connectivity index (χ1) is 42.2. The molecule has 4 aliphatic rings. The molecule has 7 heteroatoms. The van der Waals surface area contributed by atoms with E-state index in [1.165, 1.54) is 124 Å². The third kappa shape index (κ3) is 21.2. The van der Waals surface area contributed by atoms with Crippen LogP contribution in [0.3, 0.4) is 0 Å². The predicted molar refractivity (Wildman–Crippen MR) is 385 cm³/mol. The van der Waals surface area contributed by atoms with Crippen LogP contribution in [0.1, 0.15) is 218 Å². The third-order valence-electron chi connectivity index (χ3n) is 14.5. The summed E-state index contributed by atoms with van der Waals surface area (Å²) in [6, 6.07) is 69.8. The molecule has 476 valence electrons. The summed E-state index contributed by atoms with van der Waals surface area (Å²) in [4.78, 5) is 33.2. The van der Waals surface area contributed by atoms with Crippen molar-refractivity contribution in [3.8, 4) is 44.5 Å². The third-order valence-corrected chi connectivity index (χ3v) is 14.5. The lowest BCUT2D eigenvalue weighted by Crippen LogP contribution is -2.14. The van der Waals surface area contributed by atoms with Gasteiger partial charge < -0.3 is 19.6 Å². The number of carbonyl (C=O) groups excluding carboxylic acids is 3. The molecule has 0 atom stereocenters. The van der Waals surface area contributed by atoms with Gasteiger partial charge in [0.25, 0.3) is 0 Å². The Labute approximate surface area is 538 Å². The lowest BCUT2D eigenvalue weighted by molar-refractivity contribution is -0.141. The van der Waals surface area contributed by atoms with E-state index in [1.807, 2.05) is 55.4 Å². The summed E-state index contributed by atoms with van der Waals surface area (Å²) in [5, 5.41) is 13.9. The Morgan fingerprint density at radius 1 is 0.281 bits per heavy atom. The molecule has 0 radical (unpaired) electrons. The van der Waals surface area contributed by atoms with E-state index in [-0.39, 0.29) is 39.2 Å². The molecule has 8 aromatic rings. The monoisotopic (exact) mass is 1200 g/mol. The smallest absolute Gasteiger partial charge is 0.331 e. The highest BCUT2D eigenvalue weighted by atomic mass is 16.7. The average Bonchev–Trinajstić information content (AvgIpc) is 1.70. The quantitative estimate of drug-likeness (QED) is 0.0763. The van der Waals surface area contributed by atoms with Crippen molar-refractivity contribution < 1.29 is 24.4 Å². The molecule has 89 heavy (non-hydrogen) atoms. The SMILES string of the molecule is CC.CC.CC.CC.CC(=O)ON=C(C)C.CC(C)=NO.CC(C)=O.CC(C)=O.CC1(C)c2ccccc2-c2ccccc21.CC1(C)c2ccccc2-c2ccccc21.CC1(C)c2ccccc2-c2ccccc21.CC1(C)c2ccccc2-c2ccccc21. The highest BCUT2D eigenvalue weighted by molar-refractivity contribution is 5.84. The second-order valence-corrected chi connectivity index (χ2v) is 23.3. The first-order valence-electron chi connectivity index (χ1n) is 31.8. The minimum Gasteiger partial charge on any atom is -0.411 e. The van der Waals surface area contributed by atoms with Crippen molar-refractivity contribution in [3.05, 3.63) is 239 Å². The van der Waals surface area contributed by atoms with Gasteiger partial charge in [0.05, 0.1) is 11.4 Å².